The van der Waals surface area contributed by atoms with E-state index in [1.54, 1.807) is 0 Å². The average Bonchev–Trinajstić information content (AvgIpc) is 3.00. The fraction of sp³-hybridized carbons (Fsp3) is 0.357. The Hall–Kier alpha value is -1.95. The molecule has 0 bridgehead atoms. The number of hydrogen-bond acceptors (Lipinski definition) is 3. The molecule has 3 rings (SSSR count). The standard InChI is InChI=1S/C14H14ClFN4O/c1-8(13-19-18-12-3-2-6-20(12)13)17-14(21)10-5-4-9(16)7-11(10)15/h4-5,7-8H,2-3,6H2,1H3,(H,17,21)/t8-/m0/s1. The minimum atomic E-state index is -0.472. The molecule has 0 radical (unpaired) electrons. The number of carbonyl (C=O) groups is 1. The fourth-order valence-corrected chi connectivity index (χ4v) is 2.76. The number of benzene rings is 1. The Kier molecular flexibility index (Phi) is 3.63. The molecule has 2 heterocycles. The van der Waals surface area contributed by atoms with E-state index < -0.39 is 5.82 Å². The van der Waals surface area contributed by atoms with Crippen LogP contribution in [0.5, 0.6) is 0 Å². The van der Waals surface area contributed by atoms with Crippen LogP contribution in [0.4, 0.5) is 4.39 Å². The van der Waals surface area contributed by atoms with Gasteiger partial charge in [0, 0.05) is 13.0 Å². The van der Waals surface area contributed by atoms with Gasteiger partial charge in [0.25, 0.3) is 5.91 Å². The number of halogens is 2. The Balaban J connectivity index is 1.77. The molecule has 0 saturated carbocycles. The van der Waals surface area contributed by atoms with Gasteiger partial charge in [0.1, 0.15) is 11.6 Å². The van der Waals surface area contributed by atoms with Gasteiger partial charge in [0.05, 0.1) is 16.6 Å². The average molecular weight is 309 g/mol. The van der Waals surface area contributed by atoms with Gasteiger partial charge in [0.2, 0.25) is 0 Å². The summed E-state index contributed by atoms with van der Waals surface area (Å²) in [7, 11) is 0. The second-order valence-electron chi connectivity index (χ2n) is 5.05. The maximum atomic E-state index is 13.0. The summed E-state index contributed by atoms with van der Waals surface area (Å²) in [6, 6.07) is 3.40. The lowest BCUT2D eigenvalue weighted by atomic mass is 10.2. The maximum absolute atomic E-state index is 13.0. The van der Waals surface area contributed by atoms with Crippen LogP contribution in [-0.4, -0.2) is 20.7 Å². The molecular formula is C14H14ClFN4O. The molecule has 0 spiro atoms. The Labute approximate surface area is 126 Å². The van der Waals surface area contributed by atoms with Crippen molar-refractivity contribution in [2.24, 2.45) is 0 Å². The first-order chi connectivity index (χ1) is 10.1. The molecule has 1 aromatic carbocycles. The summed E-state index contributed by atoms with van der Waals surface area (Å²) in [6.45, 7) is 2.71. The van der Waals surface area contributed by atoms with Crippen LogP contribution in [0.2, 0.25) is 5.02 Å². The van der Waals surface area contributed by atoms with Crippen molar-refractivity contribution in [2.45, 2.75) is 32.4 Å². The van der Waals surface area contributed by atoms with Gasteiger partial charge in [-0.25, -0.2) is 4.39 Å². The van der Waals surface area contributed by atoms with Crippen molar-refractivity contribution in [3.63, 3.8) is 0 Å². The number of carbonyl (C=O) groups excluding carboxylic acids is 1. The van der Waals surface area contributed by atoms with Gasteiger partial charge in [-0.3, -0.25) is 4.79 Å². The summed E-state index contributed by atoms with van der Waals surface area (Å²) in [6.07, 6.45) is 1.96. The molecule has 7 heteroatoms. The van der Waals surface area contributed by atoms with E-state index in [1.165, 1.54) is 12.1 Å². The molecular weight excluding hydrogens is 295 g/mol. The summed E-state index contributed by atoms with van der Waals surface area (Å²) in [5.41, 5.74) is 0.242. The Morgan fingerprint density at radius 1 is 1.48 bits per heavy atom. The summed E-state index contributed by atoms with van der Waals surface area (Å²) in [4.78, 5) is 12.2. The maximum Gasteiger partial charge on any atom is 0.253 e. The normalized spacial score (nSPS) is 14.8. The van der Waals surface area contributed by atoms with Gasteiger partial charge in [-0.1, -0.05) is 11.6 Å². The lowest BCUT2D eigenvalue weighted by molar-refractivity contribution is 0.0937. The molecule has 0 unspecified atom stereocenters. The van der Waals surface area contributed by atoms with Crippen molar-refractivity contribution in [1.82, 2.24) is 20.1 Å². The highest BCUT2D eigenvalue weighted by atomic mass is 35.5. The van der Waals surface area contributed by atoms with Crippen molar-refractivity contribution >= 4 is 17.5 Å². The number of hydrogen-bond donors (Lipinski definition) is 1. The smallest absolute Gasteiger partial charge is 0.253 e. The Bertz CT molecular complexity index is 700. The Morgan fingerprint density at radius 2 is 2.29 bits per heavy atom. The molecule has 1 N–H and O–H groups in total. The summed E-state index contributed by atoms with van der Waals surface area (Å²) in [5, 5.41) is 11.1. The number of aromatic nitrogens is 3. The topological polar surface area (TPSA) is 59.8 Å². The van der Waals surface area contributed by atoms with E-state index in [-0.39, 0.29) is 22.5 Å². The number of nitrogens with one attached hydrogen (secondary N) is 1. The van der Waals surface area contributed by atoms with Crippen LogP contribution in [0.1, 0.15) is 41.4 Å². The number of aryl methyl sites for hydroxylation is 1. The van der Waals surface area contributed by atoms with Gasteiger partial charge in [-0.2, -0.15) is 0 Å². The van der Waals surface area contributed by atoms with Gasteiger partial charge < -0.3 is 9.88 Å². The van der Waals surface area contributed by atoms with Gasteiger partial charge >= 0.3 is 0 Å². The first-order valence-corrected chi connectivity index (χ1v) is 7.12. The van der Waals surface area contributed by atoms with E-state index >= 15 is 0 Å². The molecule has 1 amide bonds. The SMILES string of the molecule is C[C@H](NC(=O)c1ccc(F)cc1Cl)c1nnc2n1CCC2. The van der Waals surface area contributed by atoms with Crippen molar-refractivity contribution in [3.05, 3.63) is 46.3 Å². The quantitative estimate of drug-likeness (QED) is 0.947. The van der Waals surface area contributed by atoms with Gasteiger partial charge in [0.15, 0.2) is 5.82 Å². The largest absolute Gasteiger partial charge is 0.342 e. The van der Waals surface area contributed by atoms with E-state index in [0.717, 1.165) is 37.1 Å². The molecule has 1 aliphatic rings. The van der Waals surface area contributed by atoms with E-state index in [2.05, 4.69) is 15.5 Å². The highest BCUT2D eigenvalue weighted by Gasteiger charge is 2.23. The molecule has 0 aliphatic carbocycles. The second kappa shape index (κ2) is 5.44. The zero-order chi connectivity index (χ0) is 15.0. The lowest BCUT2D eigenvalue weighted by Crippen LogP contribution is -2.29. The van der Waals surface area contributed by atoms with Crippen LogP contribution < -0.4 is 5.32 Å². The van der Waals surface area contributed by atoms with Crippen molar-refractivity contribution in [2.75, 3.05) is 0 Å². The highest BCUT2D eigenvalue weighted by Crippen LogP contribution is 2.21. The number of amides is 1. The molecule has 0 saturated heterocycles. The molecule has 1 aliphatic heterocycles. The molecule has 0 fully saturated rings. The molecule has 110 valence electrons. The molecule has 1 atom stereocenters. The molecule has 5 nitrogen and oxygen atoms in total. The first kappa shape index (κ1) is 14.0. The van der Waals surface area contributed by atoms with Crippen LogP contribution in [0.25, 0.3) is 0 Å². The summed E-state index contributed by atoms with van der Waals surface area (Å²) >= 11 is 5.89. The second-order valence-corrected chi connectivity index (χ2v) is 5.46. The monoisotopic (exact) mass is 308 g/mol. The van der Waals surface area contributed by atoms with E-state index in [9.17, 15) is 9.18 Å². The Morgan fingerprint density at radius 3 is 3.05 bits per heavy atom. The van der Waals surface area contributed by atoms with Crippen molar-refractivity contribution in [3.8, 4) is 0 Å². The summed E-state index contributed by atoms with van der Waals surface area (Å²) < 4.78 is 15.0. The third-order valence-corrected chi connectivity index (χ3v) is 3.86. The van der Waals surface area contributed by atoms with E-state index in [1.807, 2.05) is 11.5 Å². The number of fused-ring (bicyclic) bond motifs is 1. The van der Waals surface area contributed by atoms with Gasteiger partial charge in [-0.15, -0.1) is 10.2 Å². The van der Waals surface area contributed by atoms with Crippen LogP contribution in [0.15, 0.2) is 18.2 Å². The predicted octanol–water partition coefficient (Wildman–Crippen LogP) is 2.51. The van der Waals surface area contributed by atoms with Crippen LogP contribution in [0.3, 0.4) is 0 Å². The van der Waals surface area contributed by atoms with Gasteiger partial charge in [-0.05, 0) is 31.5 Å². The lowest BCUT2D eigenvalue weighted by Gasteiger charge is -2.14. The molecule has 21 heavy (non-hydrogen) atoms. The predicted molar refractivity (Wildman–Crippen MR) is 75.6 cm³/mol. The number of rotatable bonds is 3. The minimum Gasteiger partial charge on any atom is -0.342 e. The zero-order valence-electron chi connectivity index (χ0n) is 11.4. The highest BCUT2D eigenvalue weighted by molar-refractivity contribution is 6.33. The van der Waals surface area contributed by atoms with Crippen molar-refractivity contribution < 1.29 is 9.18 Å². The first-order valence-electron chi connectivity index (χ1n) is 6.74. The number of nitrogens with zero attached hydrogens (tertiary/aromatic N) is 3. The van der Waals surface area contributed by atoms with Crippen LogP contribution >= 0.6 is 11.6 Å². The third kappa shape index (κ3) is 2.63. The minimum absolute atomic E-state index is 0.0890. The third-order valence-electron chi connectivity index (χ3n) is 3.55. The fourth-order valence-electron chi connectivity index (χ4n) is 2.51. The van der Waals surface area contributed by atoms with Crippen LogP contribution in [0, 0.1) is 5.82 Å². The van der Waals surface area contributed by atoms with Crippen molar-refractivity contribution in [1.29, 1.82) is 0 Å². The summed E-state index contributed by atoms with van der Waals surface area (Å²) in [5.74, 6) is 0.850. The molecule has 1 aromatic heterocycles. The molecule has 2 aromatic rings. The van der Waals surface area contributed by atoms with E-state index in [0.29, 0.717) is 0 Å². The zero-order valence-corrected chi connectivity index (χ0v) is 12.2. The van der Waals surface area contributed by atoms with Crippen LogP contribution in [-0.2, 0) is 13.0 Å². The van der Waals surface area contributed by atoms with E-state index in [4.69, 9.17) is 11.6 Å².